The summed E-state index contributed by atoms with van der Waals surface area (Å²) in [7, 11) is 0. The van der Waals surface area contributed by atoms with Crippen molar-refractivity contribution in [3.8, 4) is 0 Å². The summed E-state index contributed by atoms with van der Waals surface area (Å²) in [6.45, 7) is 14.9. The number of hydrogen-bond donors (Lipinski definition) is 0. The molecule has 0 saturated heterocycles. The van der Waals surface area contributed by atoms with Crippen LogP contribution in [0.15, 0.2) is 63.3 Å². The SMILES string of the molecule is C=CC(=O)OCC(OC(=O)C=C)C(OC(=O)C=C)C(COC(=O)C=C)OC(=O)C=C. The maximum absolute atomic E-state index is 11.8. The van der Waals surface area contributed by atoms with Crippen LogP contribution < -0.4 is 0 Å². The van der Waals surface area contributed by atoms with Crippen LogP contribution >= 0.6 is 0 Å². The summed E-state index contributed by atoms with van der Waals surface area (Å²) in [5.41, 5.74) is 0. The number of carbonyl (C=O) groups excluding carboxylic acids is 5. The van der Waals surface area contributed by atoms with Gasteiger partial charge in [0.25, 0.3) is 0 Å². The predicted octanol–water partition coefficient (Wildman–Crippen LogP) is 0.738. The molecule has 10 nitrogen and oxygen atoms in total. The Morgan fingerprint density at radius 3 is 1.13 bits per heavy atom. The number of hydrogen-bond acceptors (Lipinski definition) is 10. The third-order valence-electron chi connectivity index (χ3n) is 3.13. The first-order valence-electron chi connectivity index (χ1n) is 8.29. The number of ether oxygens (including phenoxy) is 5. The van der Waals surface area contributed by atoms with Crippen LogP contribution in [0.2, 0.25) is 0 Å². The van der Waals surface area contributed by atoms with E-state index in [1.807, 2.05) is 0 Å². The average molecular weight is 422 g/mol. The fourth-order valence-corrected chi connectivity index (χ4v) is 1.81. The van der Waals surface area contributed by atoms with Crippen LogP contribution in [-0.2, 0) is 47.7 Å². The maximum Gasteiger partial charge on any atom is 0.330 e. The normalized spacial score (nSPS) is 12.5. The quantitative estimate of drug-likeness (QED) is 0.224. The Morgan fingerprint density at radius 2 is 0.833 bits per heavy atom. The first kappa shape index (κ1) is 26.1. The molecule has 0 N–H and O–H groups in total. The molecule has 0 bridgehead atoms. The van der Waals surface area contributed by atoms with E-state index in [0.717, 1.165) is 30.4 Å². The molecule has 0 radical (unpaired) electrons. The Morgan fingerprint density at radius 1 is 0.533 bits per heavy atom. The van der Waals surface area contributed by atoms with E-state index >= 15 is 0 Å². The molecule has 0 amide bonds. The standard InChI is InChI=1S/C20H22O10/c1-6-15(21)26-11-13(28-17(23)8-3)20(30-19(25)10-5)14(29-18(24)9-4)12-27-16(22)7-2/h6-10,13-14,20H,1-5,11-12H2. The van der Waals surface area contributed by atoms with Crippen molar-refractivity contribution in [2.75, 3.05) is 13.2 Å². The van der Waals surface area contributed by atoms with Crippen molar-refractivity contribution < 1.29 is 47.7 Å². The molecule has 0 aliphatic carbocycles. The predicted molar refractivity (Wildman–Crippen MR) is 103 cm³/mol. The molecule has 0 aliphatic heterocycles. The monoisotopic (exact) mass is 422 g/mol. The smallest absolute Gasteiger partial charge is 0.330 e. The molecule has 0 aromatic carbocycles. The second kappa shape index (κ2) is 14.1. The Balaban J connectivity index is 6.02. The van der Waals surface area contributed by atoms with Gasteiger partial charge in [0.05, 0.1) is 0 Å². The molecule has 0 spiro atoms. The fourth-order valence-electron chi connectivity index (χ4n) is 1.81. The van der Waals surface area contributed by atoms with Gasteiger partial charge in [-0.3, -0.25) is 0 Å². The summed E-state index contributed by atoms with van der Waals surface area (Å²) >= 11 is 0. The zero-order chi connectivity index (χ0) is 23.1. The molecule has 10 heteroatoms. The highest BCUT2D eigenvalue weighted by Crippen LogP contribution is 2.16. The molecule has 162 valence electrons. The minimum absolute atomic E-state index is 0.628. The van der Waals surface area contributed by atoms with Gasteiger partial charge in [-0.15, -0.1) is 0 Å². The van der Waals surface area contributed by atoms with Crippen molar-refractivity contribution in [3.05, 3.63) is 63.3 Å². The van der Waals surface area contributed by atoms with Crippen molar-refractivity contribution in [3.63, 3.8) is 0 Å². The Labute approximate surface area is 173 Å². The minimum atomic E-state index is -1.58. The van der Waals surface area contributed by atoms with Gasteiger partial charge < -0.3 is 23.7 Å². The van der Waals surface area contributed by atoms with E-state index in [-0.39, 0.29) is 0 Å². The third-order valence-corrected chi connectivity index (χ3v) is 3.13. The lowest BCUT2D eigenvalue weighted by Gasteiger charge is -2.31. The second-order valence-corrected chi connectivity index (χ2v) is 5.13. The lowest BCUT2D eigenvalue weighted by Crippen LogP contribution is -2.49. The van der Waals surface area contributed by atoms with Crippen LogP contribution in [0.4, 0.5) is 0 Å². The van der Waals surface area contributed by atoms with E-state index in [0.29, 0.717) is 0 Å². The van der Waals surface area contributed by atoms with E-state index in [9.17, 15) is 24.0 Å². The van der Waals surface area contributed by atoms with E-state index in [1.165, 1.54) is 0 Å². The van der Waals surface area contributed by atoms with Crippen LogP contribution in [0.1, 0.15) is 0 Å². The van der Waals surface area contributed by atoms with Gasteiger partial charge in [-0.05, 0) is 0 Å². The van der Waals surface area contributed by atoms with E-state index in [2.05, 4.69) is 32.9 Å². The van der Waals surface area contributed by atoms with Crippen molar-refractivity contribution in [2.24, 2.45) is 0 Å². The molecule has 0 fully saturated rings. The topological polar surface area (TPSA) is 132 Å². The number of carbonyl (C=O) groups is 5. The maximum atomic E-state index is 11.8. The highest BCUT2D eigenvalue weighted by molar-refractivity contribution is 5.84. The van der Waals surface area contributed by atoms with Gasteiger partial charge in [-0.25, -0.2) is 24.0 Å². The van der Waals surface area contributed by atoms with Gasteiger partial charge in [0.15, 0.2) is 18.3 Å². The molecular formula is C20H22O10. The van der Waals surface area contributed by atoms with Gasteiger partial charge in [0, 0.05) is 30.4 Å². The third kappa shape index (κ3) is 9.83. The summed E-state index contributed by atoms with van der Waals surface area (Å²) in [6, 6.07) is 0. The first-order chi connectivity index (χ1) is 14.2. The summed E-state index contributed by atoms with van der Waals surface area (Å²) in [5.74, 6) is -4.68. The van der Waals surface area contributed by atoms with Crippen molar-refractivity contribution in [2.45, 2.75) is 18.3 Å². The molecule has 0 saturated carbocycles. The zero-order valence-electron chi connectivity index (χ0n) is 16.2. The molecule has 0 aromatic heterocycles. The van der Waals surface area contributed by atoms with E-state index < -0.39 is 61.4 Å². The van der Waals surface area contributed by atoms with E-state index in [4.69, 9.17) is 23.7 Å². The fraction of sp³-hybridized carbons (Fsp3) is 0.250. The summed E-state index contributed by atoms with van der Waals surface area (Å²) in [4.78, 5) is 58.1. The largest absolute Gasteiger partial charge is 0.458 e. The van der Waals surface area contributed by atoms with Gasteiger partial charge in [0.2, 0.25) is 0 Å². The molecule has 0 aliphatic rings. The van der Waals surface area contributed by atoms with Crippen LogP contribution in [0.5, 0.6) is 0 Å². The number of rotatable bonds is 14. The summed E-state index contributed by atoms with van der Waals surface area (Å²) in [5, 5.41) is 0. The Kier molecular flexibility index (Phi) is 12.2. The van der Waals surface area contributed by atoms with Crippen molar-refractivity contribution >= 4 is 29.8 Å². The van der Waals surface area contributed by atoms with Gasteiger partial charge >= 0.3 is 29.8 Å². The molecule has 30 heavy (non-hydrogen) atoms. The first-order valence-corrected chi connectivity index (χ1v) is 8.29. The molecular weight excluding hydrogens is 400 g/mol. The Bertz CT molecular complexity index is 671. The molecule has 0 aromatic rings. The van der Waals surface area contributed by atoms with Gasteiger partial charge in [-0.2, -0.15) is 0 Å². The van der Waals surface area contributed by atoms with Gasteiger partial charge in [0.1, 0.15) is 13.2 Å². The van der Waals surface area contributed by atoms with Crippen molar-refractivity contribution in [1.82, 2.24) is 0 Å². The van der Waals surface area contributed by atoms with Gasteiger partial charge in [-0.1, -0.05) is 32.9 Å². The molecule has 2 atom stereocenters. The van der Waals surface area contributed by atoms with Crippen molar-refractivity contribution in [1.29, 1.82) is 0 Å². The Hall–Kier alpha value is -3.95. The minimum Gasteiger partial charge on any atom is -0.458 e. The summed E-state index contributed by atoms with van der Waals surface area (Å²) in [6.07, 6.45) is -0.484. The second-order valence-electron chi connectivity index (χ2n) is 5.13. The zero-order valence-corrected chi connectivity index (χ0v) is 16.2. The lowest BCUT2D eigenvalue weighted by atomic mass is 10.1. The van der Waals surface area contributed by atoms with Crippen LogP contribution in [-0.4, -0.2) is 61.4 Å². The molecule has 0 heterocycles. The summed E-state index contributed by atoms with van der Waals surface area (Å²) < 4.78 is 25.0. The molecule has 0 rings (SSSR count). The highest BCUT2D eigenvalue weighted by Gasteiger charge is 2.39. The average Bonchev–Trinajstić information content (AvgIpc) is 2.76. The van der Waals surface area contributed by atoms with E-state index in [1.54, 1.807) is 0 Å². The number of esters is 5. The highest BCUT2D eigenvalue weighted by atomic mass is 16.6. The van der Waals surface area contributed by atoms with Crippen LogP contribution in [0.3, 0.4) is 0 Å². The molecule has 2 unspecified atom stereocenters. The van der Waals surface area contributed by atoms with Crippen LogP contribution in [0.25, 0.3) is 0 Å². The van der Waals surface area contributed by atoms with Crippen LogP contribution in [0, 0.1) is 0 Å². The lowest BCUT2D eigenvalue weighted by molar-refractivity contribution is -0.190.